The molecule has 0 aliphatic carbocycles. The molecule has 1 unspecified atom stereocenters. The van der Waals surface area contributed by atoms with Gasteiger partial charge in [-0.1, -0.05) is 24.3 Å². The van der Waals surface area contributed by atoms with Crippen molar-refractivity contribution >= 4 is 18.0 Å². The molecule has 0 fully saturated rings. The van der Waals surface area contributed by atoms with Gasteiger partial charge >= 0.3 is 11.9 Å². The maximum absolute atomic E-state index is 12.2. The van der Waals surface area contributed by atoms with Crippen LogP contribution >= 0.6 is 0 Å². The molecule has 0 saturated carbocycles. The molecule has 178 valence electrons. The number of hydrogen-bond acceptors (Lipinski definition) is 8. The number of carbonyl (C=O) groups is 2. The van der Waals surface area contributed by atoms with Gasteiger partial charge in [-0.2, -0.15) is 0 Å². The number of methoxy groups -OCH3 is 4. The summed E-state index contributed by atoms with van der Waals surface area (Å²) >= 11 is 0. The second-order valence-electron chi connectivity index (χ2n) is 6.88. The molecule has 0 aromatic heterocycles. The summed E-state index contributed by atoms with van der Waals surface area (Å²) in [6.45, 7) is 5.13. The van der Waals surface area contributed by atoms with E-state index in [-0.39, 0.29) is 6.61 Å². The van der Waals surface area contributed by atoms with Crippen molar-refractivity contribution in [3.63, 3.8) is 0 Å². The van der Waals surface area contributed by atoms with Crippen LogP contribution in [0.5, 0.6) is 23.0 Å². The maximum Gasteiger partial charge on any atom is 0.330 e. The van der Waals surface area contributed by atoms with E-state index in [0.29, 0.717) is 45.3 Å². The molecule has 33 heavy (non-hydrogen) atoms. The van der Waals surface area contributed by atoms with Gasteiger partial charge in [0.15, 0.2) is 17.6 Å². The number of rotatable bonds is 10. The molecular formula is C25H30O8. The van der Waals surface area contributed by atoms with E-state index >= 15 is 0 Å². The van der Waals surface area contributed by atoms with Crippen LogP contribution in [0.3, 0.4) is 0 Å². The summed E-state index contributed by atoms with van der Waals surface area (Å²) in [7, 11) is 5.98. The third-order valence-electron chi connectivity index (χ3n) is 4.93. The Hall–Kier alpha value is -3.68. The Bertz CT molecular complexity index is 1030. The number of esters is 2. The Kier molecular flexibility index (Phi) is 9.15. The van der Waals surface area contributed by atoms with Gasteiger partial charge in [0.05, 0.1) is 35.0 Å². The summed E-state index contributed by atoms with van der Waals surface area (Å²) in [5.41, 5.74) is 2.46. The van der Waals surface area contributed by atoms with Crippen molar-refractivity contribution in [2.24, 2.45) is 0 Å². The van der Waals surface area contributed by atoms with Crippen LogP contribution in [-0.2, 0) is 19.1 Å². The van der Waals surface area contributed by atoms with Crippen molar-refractivity contribution in [3.05, 3.63) is 52.6 Å². The lowest BCUT2D eigenvalue weighted by Gasteiger charge is -2.27. The third-order valence-corrected chi connectivity index (χ3v) is 4.93. The molecule has 2 rings (SSSR count). The molecule has 0 aliphatic rings. The SMILES string of the molecule is CCOC(=O)/C=C/c1ccccc1C(OC(C)=O)c1c(C)c(OC)c(OC)c(OC)c1OC. The third kappa shape index (κ3) is 5.58. The fourth-order valence-corrected chi connectivity index (χ4v) is 3.62. The zero-order chi connectivity index (χ0) is 24.5. The van der Waals surface area contributed by atoms with Gasteiger partial charge in [0, 0.05) is 29.7 Å². The summed E-state index contributed by atoms with van der Waals surface area (Å²) in [6.07, 6.45) is 2.05. The highest BCUT2D eigenvalue weighted by Crippen LogP contribution is 2.52. The molecular weight excluding hydrogens is 428 g/mol. The smallest absolute Gasteiger partial charge is 0.330 e. The number of hydrogen-bond donors (Lipinski definition) is 0. The summed E-state index contributed by atoms with van der Waals surface area (Å²) in [6, 6.07) is 7.24. The van der Waals surface area contributed by atoms with E-state index in [1.54, 1.807) is 25.1 Å². The van der Waals surface area contributed by atoms with Crippen molar-refractivity contribution in [2.45, 2.75) is 26.9 Å². The molecule has 0 radical (unpaired) electrons. The summed E-state index contributed by atoms with van der Waals surface area (Å²) in [5.74, 6) is 0.437. The predicted octanol–water partition coefficient (Wildman–Crippen LogP) is 4.26. The average molecular weight is 459 g/mol. The normalized spacial score (nSPS) is 11.6. The zero-order valence-electron chi connectivity index (χ0n) is 20.0. The second-order valence-corrected chi connectivity index (χ2v) is 6.88. The Labute approximate surface area is 194 Å². The molecule has 0 aliphatic heterocycles. The van der Waals surface area contributed by atoms with Crippen molar-refractivity contribution in [1.82, 2.24) is 0 Å². The summed E-state index contributed by atoms with van der Waals surface area (Å²) < 4.78 is 33.2. The van der Waals surface area contributed by atoms with E-state index in [9.17, 15) is 9.59 Å². The van der Waals surface area contributed by atoms with Crippen molar-refractivity contribution < 1.29 is 38.0 Å². The first-order valence-electron chi connectivity index (χ1n) is 10.3. The topological polar surface area (TPSA) is 89.5 Å². The van der Waals surface area contributed by atoms with Crippen LogP contribution in [0.15, 0.2) is 30.3 Å². The minimum atomic E-state index is -0.894. The lowest BCUT2D eigenvalue weighted by molar-refractivity contribution is -0.145. The molecule has 1 atom stereocenters. The van der Waals surface area contributed by atoms with Crippen LogP contribution in [0.1, 0.15) is 42.2 Å². The first kappa shape index (κ1) is 25.6. The monoisotopic (exact) mass is 458 g/mol. The lowest BCUT2D eigenvalue weighted by Crippen LogP contribution is -2.15. The minimum Gasteiger partial charge on any atom is -0.492 e. The average Bonchev–Trinajstić information content (AvgIpc) is 2.80. The number of carbonyl (C=O) groups excluding carboxylic acids is 2. The Morgan fingerprint density at radius 2 is 1.48 bits per heavy atom. The molecule has 2 aromatic rings. The molecule has 0 saturated heterocycles. The molecule has 0 spiro atoms. The molecule has 2 aromatic carbocycles. The van der Waals surface area contributed by atoms with Crippen LogP contribution in [0.4, 0.5) is 0 Å². The zero-order valence-corrected chi connectivity index (χ0v) is 20.0. The fraction of sp³-hybridized carbons (Fsp3) is 0.360. The number of ether oxygens (including phenoxy) is 6. The first-order chi connectivity index (χ1) is 15.8. The van der Waals surface area contributed by atoms with E-state index in [2.05, 4.69) is 0 Å². The van der Waals surface area contributed by atoms with Gasteiger partial charge in [-0.15, -0.1) is 0 Å². The highest BCUT2D eigenvalue weighted by atomic mass is 16.6. The van der Waals surface area contributed by atoms with E-state index in [1.807, 2.05) is 19.1 Å². The molecule has 0 N–H and O–H groups in total. The van der Waals surface area contributed by atoms with Gasteiger partial charge in [0.1, 0.15) is 0 Å². The Balaban J connectivity index is 2.84. The van der Waals surface area contributed by atoms with Crippen LogP contribution in [0, 0.1) is 6.92 Å². The first-order valence-corrected chi connectivity index (χ1v) is 10.3. The quantitative estimate of drug-likeness (QED) is 0.385. The highest BCUT2D eigenvalue weighted by molar-refractivity contribution is 5.87. The summed E-state index contributed by atoms with van der Waals surface area (Å²) in [4.78, 5) is 24.0. The summed E-state index contributed by atoms with van der Waals surface area (Å²) in [5, 5.41) is 0. The van der Waals surface area contributed by atoms with E-state index in [1.165, 1.54) is 41.4 Å². The largest absolute Gasteiger partial charge is 0.492 e. The van der Waals surface area contributed by atoms with E-state index in [0.717, 1.165) is 0 Å². The number of benzene rings is 2. The van der Waals surface area contributed by atoms with Crippen LogP contribution in [-0.4, -0.2) is 47.0 Å². The standard InChI is InChI=1S/C25H30O8/c1-8-32-19(27)14-13-17-11-9-10-12-18(17)22(33-16(3)26)20-15(2)21(28-4)24(30-6)25(31-7)23(20)29-5/h9-14,22H,8H2,1-7H3/b14-13+. The maximum atomic E-state index is 12.2. The Morgan fingerprint density at radius 3 is 2.03 bits per heavy atom. The van der Waals surface area contributed by atoms with E-state index < -0.39 is 18.0 Å². The molecule has 8 nitrogen and oxygen atoms in total. The van der Waals surface area contributed by atoms with Gasteiger partial charge in [-0.05, 0) is 25.5 Å². The highest BCUT2D eigenvalue weighted by Gasteiger charge is 2.33. The van der Waals surface area contributed by atoms with Gasteiger partial charge < -0.3 is 28.4 Å². The van der Waals surface area contributed by atoms with Gasteiger partial charge in [-0.25, -0.2) is 4.79 Å². The van der Waals surface area contributed by atoms with Crippen molar-refractivity contribution in [3.8, 4) is 23.0 Å². The van der Waals surface area contributed by atoms with Gasteiger partial charge in [-0.3, -0.25) is 4.79 Å². The fourth-order valence-electron chi connectivity index (χ4n) is 3.62. The minimum absolute atomic E-state index is 0.267. The molecule has 0 bridgehead atoms. The van der Waals surface area contributed by atoms with Gasteiger partial charge in [0.25, 0.3) is 0 Å². The molecule has 8 heteroatoms. The van der Waals surface area contributed by atoms with E-state index in [4.69, 9.17) is 28.4 Å². The van der Waals surface area contributed by atoms with Crippen LogP contribution < -0.4 is 18.9 Å². The molecule has 0 heterocycles. The second kappa shape index (κ2) is 11.8. The molecule has 0 amide bonds. The predicted molar refractivity (Wildman–Crippen MR) is 123 cm³/mol. The lowest BCUT2D eigenvalue weighted by atomic mass is 9.91. The Morgan fingerprint density at radius 1 is 0.909 bits per heavy atom. The van der Waals surface area contributed by atoms with Crippen LogP contribution in [0.25, 0.3) is 6.08 Å². The van der Waals surface area contributed by atoms with Gasteiger partial charge in [0.2, 0.25) is 11.5 Å². The van der Waals surface area contributed by atoms with Crippen LogP contribution in [0.2, 0.25) is 0 Å². The van der Waals surface area contributed by atoms with Crippen molar-refractivity contribution in [2.75, 3.05) is 35.0 Å². The van der Waals surface area contributed by atoms with Crippen molar-refractivity contribution in [1.29, 1.82) is 0 Å².